The minimum absolute atomic E-state index is 0.0851. The van der Waals surface area contributed by atoms with Crippen molar-refractivity contribution < 1.29 is 34.1 Å². The van der Waals surface area contributed by atoms with Crippen LogP contribution in [-0.4, -0.2) is 52.1 Å². The van der Waals surface area contributed by atoms with Crippen molar-refractivity contribution in [2.75, 3.05) is 13.7 Å². The number of nitrogens with zero attached hydrogens (tertiary/aromatic N) is 1. The molecule has 4 aliphatic rings. The monoisotopic (exact) mass is 603 g/mol. The predicted molar refractivity (Wildman–Crippen MR) is 148 cm³/mol. The van der Waals surface area contributed by atoms with Crippen molar-refractivity contribution in [1.82, 2.24) is 4.90 Å². The van der Waals surface area contributed by atoms with Gasteiger partial charge < -0.3 is 14.9 Å². The molecule has 2 aromatic rings. The van der Waals surface area contributed by atoms with Crippen molar-refractivity contribution >= 4 is 39.3 Å². The SMILES string of the molecule is COc1ccc(C2C3=CCC4C(=O)N(CCc5ccc(O)cc5)C(=O)C4C3CC3=C2C(=O)C=C(Br)C3=O)c(O)c1. The van der Waals surface area contributed by atoms with E-state index in [1.165, 1.54) is 24.2 Å². The Kier molecular flexibility index (Phi) is 6.49. The molecule has 2 N–H and O–H groups in total. The molecule has 4 atom stereocenters. The number of rotatable bonds is 5. The summed E-state index contributed by atoms with van der Waals surface area (Å²) < 4.78 is 5.39. The summed E-state index contributed by atoms with van der Waals surface area (Å²) in [5, 5.41) is 20.5. The highest BCUT2D eigenvalue weighted by Crippen LogP contribution is 2.56. The summed E-state index contributed by atoms with van der Waals surface area (Å²) in [4.78, 5) is 55.2. The molecule has 0 bridgehead atoms. The Morgan fingerprint density at radius 2 is 1.75 bits per heavy atom. The Balaban J connectivity index is 1.39. The number of phenols is 2. The zero-order valence-corrected chi connectivity index (χ0v) is 23.2. The molecule has 2 amide bonds. The average molecular weight is 604 g/mol. The number of fused-ring (bicyclic) bond motifs is 3. The van der Waals surface area contributed by atoms with E-state index in [4.69, 9.17) is 4.74 Å². The minimum atomic E-state index is -0.733. The van der Waals surface area contributed by atoms with Crippen molar-refractivity contribution in [2.45, 2.75) is 25.2 Å². The Hall–Kier alpha value is -3.98. The molecule has 0 spiro atoms. The van der Waals surface area contributed by atoms with Gasteiger partial charge in [-0.1, -0.05) is 29.8 Å². The van der Waals surface area contributed by atoms with Crippen molar-refractivity contribution in [3.8, 4) is 17.2 Å². The van der Waals surface area contributed by atoms with Gasteiger partial charge in [0.25, 0.3) is 0 Å². The maximum Gasteiger partial charge on any atom is 0.233 e. The second kappa shape index (κ2) is 9.89. The number of carbonyl (C=O) groups is 4. The molecule has 0 saturated carbocycles. The van der Waals surface area contributed by atoms with E-state index in [-0.39, 0.29) is 52.3 Å². The lowest BCUT2D eigenvalue weighted by molar-refractivity contribution is -0.140. The van der Waals surface area contributed by atoms with Crippen LogP contribution in [0.2, 0.25) is 0 Å². The van der Waals surface area contributed by atoms with Crippen LogP contribution in [-0.2, 0) is 25.6 Å². The number of hydrogen-bond acceptors (Lipinski definition) is 7. The highest BCUT2D eigenvalue weighted by Gasteiger charge is 2.56. The van der Waals surface area contributed by atoms with E-state index >= 15 is 0 Å². The van der Waals surface area contributed by atoms with Gasteiger partial charge in [-0.15, -0.1) is 0 Å². The first-order valence-corrected chi connectivity index (χ1v) is 13.9. The minimum Gasteiger partial charge on any atom is -0.508 e. The average Bonchev–Trinajstić information content (AvgIpc) is 3.19. The zero-order chi connectivity index (χ0) is 28.3. The van der Waals surface area contributed by atoms with Gasteiger partial charge in [0, 0.05) is 41.3 Å². The fraction of sp³-hybridized carbons (Fsp3) is 0.290. The number of imide groups is 1. The van der Waals surface area contributed by atoms with Crippen LogP contribution in [0.5, 0.6) is 17.2 Å². The summed E-state index contributed by atoms with van der Waals surface area (Å²) in [6, 6.07) is 11.5. The van der Waals surface area contributed by atoms with Gasteiger partial charge in [-0.25, -0.2) is 0 Å². The number of carbonyl (C=O) groups excluding carboxylic acids is 4. The molecule has 0 aromatic heterocycles. The number of ketones is 2. The Labute approximate surface area is 238 Å². The smallest absolute Gasteiger partial charge is 0.233 e. The summed E-state index contributed by atoms with van der Waals surface area (Å²) in [7, 11) is 1.48. The fourth-order valence-corrected chi connectivity index (χ4v) is 7.09. The molecule has 9 heteroatoms. The number of likely N-dealkylation sites (tertiary alicyclic amines) is 1. The molecule has 2 aromatic carbocycles. The van der Waals surface area contributed by atoms with Crippen LogP contribution in [0.25, 0.3) is 0 Å². The molecule has 8 nitrogen and oxygen atoms in total. The van der Waals surface area contributed by atoms with Gasteiger partial charge in [0.1, 0.15) is 17.2 Å². The van der Waals surface area contributed by atoms with Gasteiger partial charge in [-0.3, -0.25) is 24.1 Å². The highest BCUT2D eigenvalue weighted by molar-refractivity contribution is 9.12. The molecule has 3 aliphatic carbocycles. The van der Waals surface area contributed by atoms with Crippen molar-refractivity contribution in [2.24, 2.45) is 17.8 Å². The van der Waals surface area contributed by atoms with Gasteiger partial charge in [0.2, 0.25) is 11.8 Å². The van der Waals surface area contributed by atoms with Crippen molar-refractivity contribution in [3.05, 3.63) is 86.9 Å². The Bertz CT molecular complexity index is 1570. The van der Waals surface area contributed by atoms with E-state index < -0.39 is 23.7 Å². The quantitative estimate of drug-likeness (QED) is 0.300. The van der Waals surface area contributed by atoms with Crippen LogP contribution in [0.15, 0.2) is 75.8 Å². The van der Waals surface area contributed by atoms with Gasteiger partial charge in [0.15, 0.2) is 11.6 Å². The number of Topliss-reactive ketones (excluding diaryl/α,β-unsaturated/α-hetero) is 1. The van der Waals surface area contributed by atoms with Gasteiger partial charge >= 0.3 is 0 Å². The van der Waals surface area contributed by atoms with E-state index in [1.54, 1.807) is 36.4 Å². The molecule has 0 radical (unpaired) electrons. The number of hydrogen-bond donors (Lipinski definition) is 2. The summed E-state index contributed by atoms with van der Waals surface area (Å²) in [6.07, 6.45) is 4.12. The van der Waals surface area contributed by atoms with Crippen LogP contribution < -0.4 is 4.74 Å². The van der Waals surface area contributed by atoms with Gasteiger partial charge in [-0.05, 0) is 64.9 Å². The van der Waals surface area contributed by atoms with E-state index in [2.05, 4.69) is 15.9 Å². The standard InChI is InChI=1S/C31H26BrNO7/c1-40-17-6-7-19(24(35)12-17)26-18-8-9-20-27(21(18)13-22-28(26)25(36)14-23(32)29(22)37)31(39)33(30(20)38)11-10-15-2-4-16(34)5-3-15/h2-8,12,14,20-21,26-27,34-35H,9-11,13H2,1H3. The molecule has 1 heterocycles. The number of amides is 2. The zero-order valence-electron chi connectivity index (χ0n) is 21.6. The summed E-state index contributed by atoms with van der Waals surface area (Å²) in [6.45, 7) is 0.208. The largest absolute Gasteiger partial charge is 0.508 e. The number of benzene rings is 2. The Morgan fingerprint density at radius 1 is 1.00 bits per heavy atom. The molecular weight excluding hydrogens is 578 g/mol. The highest BCUT2D eigenvalue weighted by atomic mass is 79.9. The number of halogens is 1. The Morgan fingerprint density at radius 3 is 2.45 bits per heavy atom. The van der Waals surface area contributed by atoms with E-state index in [1.807, 2.05) is 6.08 Å². The normalized spacial score (nSPS) is 25.8. The molecule has 1 aliphatic heterocycles. The first-order valence-electron chi connectivity index (χ1n) is 13.1. The second-order valence-corrected chi connectivity index (χ2v) is 11.4. The third kappa shape index (κ3) is 4.11. The van der Waals surface area contributed by atoms with E-state index in [9.17, 15) is 29.4 Å². The summed E-state index contributed by atoms with van der Waals surface area (Å²) in [5.74, 6) is -3.11. The van der Waals surface area contributed by atoms with Crippen LogP contribution in [0.1, 0.15) is 29.9 Å². The third-order valence-electron chi connectivity index (χ3n) is 8.53. The molecule has 6 rings (SSSR count). The molecular formula is C31H26BrNO7. The lowest BCUT2D eigenvalue weighted by Crippen LogP contribution is -2.39. The van der Waals surface area contributed by atoms with Crippen molar-refractivity contribution in [3.63, 3.8) is 0 Å². The van der Waals surface area contributed by atoms with Crippen molar-refractivity contribution in [1.29, 1.82) is 0 Å². The van der Waals surface area contributed by atoms with Crippen LogP contribution in [0.3, 0.4) is 0 Å². The van der Waals surface area contributed by atoms with Crippen LogP contribution >= 0.6 is 15.9 Å². The van der Waals surface area contributed by atoms with Gasteiger partial charge in [-0.2, -0.15) is 0 Å². The number of phenolic OH excluding ortho intramolecular Hbond substituents is 2. The number of methoxy groups -OCH3 is 1. The molecule has 4 unspecified atom stereocenters. The van der Waals surface area contributed by atoms with Crippen LogP contribution in [0, 0.1) is 17.8 Å². The van der Waals surface area contributed by atoms with Crippen LogP contribution in [0.4, 0.5) is 0 Å². The molecule has 40 heavy (non-hydrogen) atoms. The maximum absolute atomic E-state index is 13.8. The lowest BCUT2D eigenvalue weighted by atomic mass is 9.59. The summed E-state index contributed by atoms with van der Waals surface area (Å²) >= 11 is 3.22. The fourth-order valence-electron chi connectivity index (χ4n) is 6.65. The molecule has 1 fully saturated rings. The number of aromatic hydroxyl groups is 2. The second-order valence-electron chi connectivity index (χ2n) is 10.6. The first-order chi connectivity index (χ1) is 19.2. The van der Waals surface area contributed by atoms with Gasteiger partial charge in [0.05, 0.1) is 23.4 Å². The topological polar surface area (TPSA) is 121 Å². The van der Waals surface area contributed by atoms with E-state index in [0.29, 0.717) is 35.3 Å². The molecule has 204 valence electrons. The first kappa shape index (κ1) is 26.3. The maximum atomic E-state index is 13.8. The number of allylic oxidation sites excluding steroid dienone is 6. The van der Waals surface area contributed by atoms with E-state index in [0.717, 1.165) is 11.1 Å². The lowest BCUT2D eigenvalue weighted by Gasteiger charge is -2.42. The summed E-state index contributed by atoms with van der Waals surface area (Å²) in [5.41, 5.74) is 2.71. The molecule has 1 saturated heterocycles. The number of ether oxygens (including phenoxy) is 1. The predicted octanol–water partition coefficient (Wildman–Crippen LogP) is 4.11. The third-order valence-corrected chi connectivity index (χ3v) is 9.12.